The van der Waals surface area contributed by atoms with E-state index in [0.717, 1.165) is 44.4 Å². The van der Waals surface area contributed by atoms with E-state index in [-0.39, 0.29) is 0 Å². The van der Waals surface area contributed by atoms with Crippen molar-refractivity contribution in [3.8, 4) is 22.3 Å². The molecule has 0 amide bonds. The lowest BCUT2D eigenvalue weighted by Gasteiger charge is -2.27. The van der Waals surface area contributed by atoms with Gasteiger partial charge in [0, 0.05) is 39.0 Å². The topological polar surface area (TPSA) is 16.4 Å². The summed E-state index contributed by atoms with van der Waals surface area (Å²) in [4.78, 5) is 2.38. The molecule has 11 aromatic rings. The molecule has 0 spiro atoms. The number of hydrogen-bond donors (Lipinski definition) is 0. The highest BCUT2D eigenvalue weighted by atomic mass is 16.3. The fraction of sp³-hybridized carbons (Fsp3) is 0. The second kappa shape index (κ2) is 12.2. The van der Waals surface area contributed by atoms with Gasteiger partial charge in [-0.1, -0.05) is 158 Å². The van der Waals surface area contributed by atoms with E-state index >= 15 is 0 Å². The Bertz CT molecular complexity index is 3200. The molecular weight excluding hydrogens is 655 g/mol. The number of benzene rings is 10. The lowest BCUT2D eigenvalue weighted by atomic mass is 9.96. The molecule has 0 aliphatic carbocycles. The first-order valence-corrected chi connectivity index (χ1v) is 18.5. The van der Waals surface area contributed by atoms with Gasteiger partial charge in [-0.2, -0.15) is 0 Å². The minimum Gasteiger partial charge on any atom is -0.455 e. The molecule has 0 aliphatic heterocycles. The number of fused-ring (bicyclic) bond motifs is 9. The first-order valence-electron chi connectivity index (χ1n) is 18.5. The molecule has 0 aliphatic rings. The van der Waals surface area contributed by atoms with E-state index in [1.807, 2.05) is 0 Å². The number of hydrogen-bond acceptors (Lipinski definition) is 2. The van der Waals surface area contributed by atoms with Gasteiger partial charge in [0.25, 0.3) is 0 Å². The Hall–Kier alpha value is -7.16. The molecule has 0 saturated carbocycles. The van der Waals surface area contributed by atoms with E-state index < -0.39 is 0 Å². The van der Waals surface area contributed by atoms with E-state index in [2.05, 4.69) is 205 Å². The molecule has 0 bridgehead atoms. The maximum absolute atomic E-state index is 6.70. The first kappa shape index (κ1) is 30.5. The van der Waals surface area contributed by atoms with Crippen LogP contribution in [0.15, 0.2) is 205 Å². The minimum atomic E-state index is 0.872. The van der Waals surface area contributed by atoms with E-state index in [0.29, 0.717) is 0 Å². The zero-order chi connectivity index (χ0) is 35.6. The molecule has 0 unspecified atom stereocenters. The summed E-state index contributed by atoms with van der Waals surface area (Å²) in [6.07, 6.45) is 0. The van der Waals surface area contributed by atoms with Crippen molar-refractivity contribution >= 4 is 82.1 Å². The fourth-order valence-electron chi connectivity index (χ4n) is 8.40. The third kappa shape index (κ3) is 4.88. The lowest BCUT2D eigenvalue weighted by molar-refractivity contribution is 0.673. The summed E-state index contributed by atoms with van der Waals surface area (Å²) in [7, 11) is 0. The van der Waals surface area contributed by atoms with Crippen LogP contribution in [0.5, 0.6) is 0 Å². The molecule has 0 atom stereocenters. The molecular formula is C52H33NO. The molecule has 0 radical (unpaired) electrons. The van der Waals surface area contributed by atoms with Crippen LogP contribution >= 0.6 is 0 Å². The highest BCUT2D eigenvalue weighted by Crippen LogP contribution is 2.44. The van der Waals surface area contributed by atoms with Crippen molar-refractivity contribution in [2.45, 2.75) is 0 Å². The molecule has 2 heteroatoms. The van der Waals surface area contributed by atoms with Gasteiger partial charge >= 0.3 is 0 Å². The van der Waals surface area contributed by atoms with Gasteiger partial charge < -0.3 is 9.32 Å². The maximum atomic E-state index is 6.70. The Morgan fingerprint density at radius 2 is 0.870 bits per heavy atom. The van der Waals surface area contributed by atoms with E-state index in [1.54, 1.807) is 0 Å². The Morgan fingerprint density at radius 1 is 0.315 bits per heavy atom. The summed E-state index contributed by atoms with van der Waals surface area (Å²) in [6.45, 7) is 0. The average molecular weight is 688 g/mol. The zero-order valence-corrected chi connectivity index (χ0v) is 29.4. The standard InChI is InChI=1S/C52H33NO/c1-4-14-42-36(10-1)13-9-19-43(42)38-22-20-34(21-23-38)35-24-27-40(28-25-35)53(50-32-39-12-3-5-15-44(39)46-17-7-8-18-47(46)50)41-29-31-48-49-30-26-37-11-2-6-16-45(37)52(49)54-51(48)33-41/h1-33H. The lowest BCUT2D eigenvalue weighted by Crippen LogP contribution is -2.10. The van der Waals surface area contributed by atoms with Crippen LogP contribution < -0.4 is 4.90 Å². The number of furan rings is 1. The molecule has 1 heterocycles. The number of rotatable bonds is 5. The summed E-state index contributed by atoms with van der Waals surface area (Å²) in [5.41, 5.74) is 9.87. The van der Waals surface area contributed by atoms with Crippen LogP contribution in [0.4, 0.5) is 17.1 Å². The highest BCUT2D eigenvalue weighted by molar-refractivity contribution is 6.17. The molecule has 252 valence electrons. The van der Waals surface area contributed by atoms with Gasteiger partial charge in [-0.15, -0.1) is 0 Å². The van der Waals surface area contributed by atoms with Gasteiger partial charge in [0.05, 0.1) is 5.69 Å². The summed E-state index contributed by atoms with van der Waals surface area (Å²) in [5.74, 6) is 0. The molecule has 54 heavy (non-hydrogen) atoms. The van der Waals surface area contributed by atoms with Gasteiger partial charge in [0.1, 0.15) is 11.2 Å². The van der Waals surface area contributed by atoms with E-state index in [1.165, 1.54) is 60.0 Å². The normalized spacial score (nSPS) is 11.7. The van der Waals surface area contributed by atoms with Crippen molar-refractivity contribution in [3.05, 3.63) is 200 Å². The summed E-state index contributed by atoms with van der Waals surface area (Å²) < 4.78 is 6.70. The van der Waals surface area contributed by atoms with Crippen LogP contribution in [0.2, 0.25) is 0 Å². The molecule has 1 aromatic heterocycles. The quantitative estimate of drug-likeness (QED) is 0.168. The Morgan fingerprint density at radius 3 is 1.65 bits per heavy atom. The number of anilines is 3. The van der Waals surface area contributed by atoms with Crippen LogP contribution in [0.3, 0.4) is 0 Å². The predicted molar refractivity (Wildman–Crippen MR) is 229 cm³/mol. The molecule has 2 nitrogen and oxygen atoms in total. The third-order valence-corrected chi connectivity index (χ3v) is 11.0. The van der Waals surface area contributed by atoms with Crippen LogP contribution in [0.1, 0.15) is 0 Å². The van der Waals surface area contributed by atoms with Crippen molar-refractivity contribution < 1.29 is 4.42 Å². The van der Waals surface area contributed by atoms with Crippen LogP contribution in [0.25, 0.3) is 87.3 Å². The van der Waals surface area contributed by atoms with Crippen molar-refractivity contribution in [1.29, 1.82) is 0 Å². The summed E-state index contributed by atoms with van der Waals surface area (Å²) in [6, 6.07) is 72.3. The van der Waals surface area contributed by atoms with Crippen LogP contribution in [0, 0.1) is 0 Å². The molecule has 0 saturated heterocycles. The van der Waals surface area contributed by atoms with Gasteiger partial charge in [-0.25, -0.2) is 0 Å². The predicted octanol–water partition coefficient (Wildman–Crippen LogP) is 15.0. The van der Waals surface area contributed by atoms with Crippen LogP contribution in [-0.4, -0.2) is 0 Å². The van der Waals surface area contributed by atoms with Crippen molar-refractivity contribution in [1.82, 2.24) is 0 Å². The highest BCUT2D eigenvalue weighted by Gasteiger charge is 2.20. The van der Waals surface area contributed by atoms with Crippen molar-refractivity contribution in [2.24, 2.45) is 0 Å². The minimum absolute atomic E-state index is 0.872. The average Bonchev–Trinajstić information content (AvgIpc) is 3.63. The monoisotopic (exact) mass is 687 g/mol. The molecule has 10 aromatic carbocycles. The Kier molecular flexibility index (Phi) is 6.90. The fourth-order valence-corrected chi connectivity index (χ4v) is 8.40. The summed E-state index contributed by atoms with van der Waals surface area (Å²) in [5, 5.41) is 12.0. The van der Waals surface area contributed by atoms with Gasteiger partial charge in [0.2, 0.25) is 0 Å². The van der Waals surface area contributed by atoms with Gasteiger partial charge in [-0.05, 0) is 91.0 Å². The zero-order valence-electron chi connectivity index (χ0n) is 29.4. The summed E-state index contributed by atoms with van der Waals surface area (Å²) >= 11 is 0. The molecule has 0 N–H and O–H groups in total. The van der Waals surface area contributed by atoms with Gasteiger partial charge in [0.15, 0.2) is 0 Å². The molecule has 11 rings (SSSR count). The first-order chi connectivity index (χ1) is 26.8. The van der Waals surface area contributed by atoms with Crippen LogP contribution in [-0.2, 0) is 0 Å². The van der Waals surface area contributed by atoms with Crippen molar-refractivity contribution in [3.63, 3.8) is 0 Å². The largest absolute Gasteiger partial charge is 0.455 e. The molecule has 0 fully saturated rings. The van der Waals surface area contributed by atoms with Gasteiger partial charge in [-0.3, -0.25) is 0 Å². The SMILES string of the molecule is c1ccc2c(-c3ccc(-c4ccc(N(c5ccc6c(c5)oc5c7ccccc7ccc65)c5cc6ccccc6c6ccccc56)cc4)cc3)cccc2c1. The van der Waals surface area contributed by atoms with E-state index in [9.17, 15) is 0 Å². The maximum Gasteiger partial charge on any atom is 0.143 e. The Labute approximate surface area is 312 Å². The van der Waals surface area contributed by atoms with Crippen molar-refractivity contribution in [2.75, 3.05) is 4.90 Å². The Balaban J connectivity index is 1.05. The smallest absolute Gasteiger partial charge is 0.143 e. The number of nitrogens with zero attached hydrogens (tertiary/aromatic N) is 1. The second-order valence-electron chi connectivity index (χ2n) is 14.1. The van der Waals surface area contributed by atoms with E-state index in [4.69, 9.17) is 4.42 Å². The second-order valence-corrected chi connectivity index (χ2v) is 14.1. The third-order valence-electron chi connectivity index (χ3n) is 11.0.